The van der Waals surface area contributed by atoms with E-state index < -0.39 is 0 Å². The number of carbonyl (C=O) groups is 1. The predicted molar refractivity (Wildman–Crippen MR) is 75.3 cm³/mol. The third kappa shape index (κ3) is 3.32. The number of thiazole rings is 1. The number of hydrogen-bond acceptors (Lipinski definition) is 6. The summed E-state index contributed by atoms with van der Waals surface area (Å²) >= 11 is 1.62. The molecule has 1 fully saturated rings. The highest BCUT2D eigenvalue weighted by Crippen LogP contribution is 2.30. The molecule has 0 unspecified atom stereocenters. The molecule has 1 N–H and O–H groups in total. The first-order valence-electron chi connectivity index (χ1n) is 6.51. The van der Waals surface area contributed by atoms with Gasteiger partial charge in [-0.1, -0.05) is 0 Å². The fourth-order valence-corrected chi connectivity index (χ4v) is 3.22. The van der Waals surface area contributed by atoms with Crippen LogP contribution in [0.1, 0.15) is 24.5 Å². The van der Waals surface area contributed by atoms with Gasteiger partial charge in [-0.25, -0.2) is 4.98 Å². The molecular formula is C13H21N3O2S. The zero-order valence-corrected chi connectivity index (χ0v) is 12.5. The predicted octanol–water partition coefficient (Wildman–Crippen LogP) is 0.999. The van der Waals surface area contributed by atoms with Crippen LogP contribution < -0.4 is 5.32 Å². The van der Waals surface area contributed by atoms with Crippen molar-refractivity contribution >= 4 is 17.3 Å². The fourth-order valence-electron chi connectivity index (χ4n) is 2.25. The van der Waals surface area contributed by atoms with E-state index in [2.05, 4.69) is 33.8 Å². The van der Waals surface area contributed by atoms with Crippen molar-refractivity contribution in [2.24, 2.45) is 0 Å². The van der Waals surface area contributed by atoms with Crippen LogP contribution in [-0.2, 0) is 21.5 Å². The van der Waals surface area contributed by atoms with Crippen molar-refractivity contribution in [1.82, 2.24) is 15.2 Å². The molecule has 0 aliphatic carbocycles. The Morgan fingerprint density at radius 2 is 2.21 bits per heavy atom. The van der Waals surface area contributed by atoms with E-state index in [1.165, 1.54) is 7.11 Å². The van der Waals surface area contributed by atoms with Crippen LogP contribution in [0.2, 0.25) is 0 Å². The summed E-state index contributed by atoms with van der Waals surface area (Å²) in [5.41, 5.74) is 0.719. The second-order valence-electron chi connectivity index (χ2n) is 5.19. The van der Waals surface area contributed by atoms with Gasteiger partial charge < -0.3 is 10.1 Å². The molecule has 0 aromatic carbocycles. The molecule has 1 aromatic heterocycles. The van der Waals surface area contributed by atoms with E-state index in [0.29, 0.717) is 0 Å². The van der Waals surface area contributed by atoms with E-state index in [0.717, 1.165) is 36.9 Å². The maximum absolute atomic E-state index is 11.3. The number of methoxy groups -OCH3 is 1. The number of esters is 1. The van der Waals surface area contributed by atoms with Gasteiger partial charge in [-0.05, 0) is 13.8 Å². The molecule has 1 saturated heterocycles. The standard InChI is InChI=1S/C13H21N3O2S/c1-13(2,16-6-4-14-5-7-16)12-15-10(9-19-12)8-11(17)18-3/h9,14H,4-8H2,1-3H3. The van der Waals surface area contributed by atoms with Crippen molar-refractivity contribution in [1.29, 1.82) is 0 Å². The molecule has 0 atom stereocenters. The van der Waals surface area contributed by atoms with Gasteiger partial charge in [-0.15, -0.1) is 11.3 Å². The van der Waals surface area contributed by atoms with E-state index in [1.807, 2.05) is 5.38 Å². The average molecular weight is 283 g/mol. The topological polar surface area (TPSA) is 54.5 Å². The normalized spacial score (nSPS) is 17.4. The van der Waals surface area contributed by atoms with Crippen molar-refractivity contribution in [3.63, 3.8) is 0 Å². The van der Waals surface area contributed by atoms with Gasteiger partial charge in [0.1, 0.15) is 5.01 Å². The Balaban J connectivity index is 2.09. The molecule has 0 saturated carbocycles. The molecule has 0 amide bonds. The smallest absolute Gasteiger partial charge is 0.311 e. The number of hydrogen-bond donors (Lipinski definition) is 1. The highest BCUT2D eigenvalue weighted by molar-refractivity contribution is 7.09. The third-order valence-electron chi connectivity index (χ3n) is 3.54. The van der Waals surface area contributed by atoms with Gasteiger partial charge in [0, 0.05) is 31.6 Å². The maximum atomic E-state index is 11.3. The van der Waals surface area contributed by atoms with E-state index >= 15 is 0 Å². The first-order valence-corrected chi connectivity index (χ1v) is 7.39. The number of aromatic nitrogens is 1. The summed E-state index contributed by atoms with van der Waals surface area (Å²) < 4.78 is 4.67. The number of piperazine rings is 1. The van der Waals surface area contributed by atoms with Crippen LogP contribution in [0, 0.1) is 0 Å². The second kappa shape index (κ2) is 5.98. The molecule has 19 heavy (non-hydrogen) atoms. The van der Waals surface area contributed by atoms with Crippen molar-refractivity contribution < 1.29 is 9.53 Å². The third-order valence-corrected chi connectivity index (χ3v) is 4.74. The Morgan fingerprint density at radius 1 is 1.53 bits per heavy atom. The van der Waals surface area contributed by atoms with E-state index in [1.54, 1.807) is 11.3 Å². The molecule has 0 bridgehead atoms. The summed E-state index contributed by atoms with van der Waals surface area (Å²) in [6, 6.07) is 0. The molecule has 6 heteroatoms. The van der Waals surface area contributed by atoms with Crippen LogP contribution >= 0.6 is 11.3 Å². The highest BCUT2D eigenvalue weighted by atomic mass is 32.1. The molecule has 106 valence electrons. The summed E-state index contributed by atoms with van der Waals surface area (Å²) in [7, 11) is 1.40. The lowest BCUT2D eigenvalue weighted by atomic mass is 10.0. The van der Waals surface area contributed by atoms with Gasteiger partial charge in [0.2, 0.25) is 0 Å². The molecule has 0 spiro atoms. The summed E-state index contributed by atoms with van der Waals surface area (Å²) in [5.74, 6) is -0.239. The lowest BCUT2D eigenvalue weighted by Gasteiger charge is -2.39. The lowest BCUT2D eigenvalue weighted by molar-refractivity contribution is -0.139. The van der Waals surface area contributed by atoms with E-state index in [4.69, 9.17) is 0 Å². The SMILES string of the molecule is COC(=O)Cc1csc(C(C)(C)N2CCNCC2)n1. The number of nitrogens with zero attached hydrogens (tertiary/aromatic N) is 2. The Kier molecular flexibility index (Phi) is 4.54. The van der Waals surface area contributed by atoms with Gasteiger partial charge in [0.25, 0.3) is 0 Å². The molecule has 1 aliphatic rings. The van der Waals surface area contributed by atoms with Crippen LogP contribution in [0.25, 0.3) is 0 Å². The van der Waals surface area contributed by atoms with Gasteiger partial charge in [0.05, 0.1) is 24.8 Å². The molecule has 2 heterocycles. The average Bonchev–Trinajstić information content (AvgIpc) is 2.89. The minimum Gasteiger partial charge on any atom is -0.469 e. The molecule has 1 aromatic rings. The minimum atomic E-state index is -0.239. The number of rotatable bonds is 4. The Morgan fingerprint density at radius 3 is 2.84 bits per heavy atom. The van der Waals surface area contributed by atoms with Crippen molar-refractivity contribution in [2.45, 2.75) is 25.8 Å². The largest absolute Gasteiger partial charge is 0.469 e. The second-order valence-corrected chi connectivity index (χ2v) is 6.05. The fraction of sp³-hybridized carbons (Fsp3) is 0.692. The van der Waals surface area contributed by atoms with Crippen LogP contribution in [0.3, 0.4) is 0 Å². The van der Waals surface area contributed by atoms with Crippen LogP contribution in [-0.4, -0.2) is 49.1 Å². The number of nitrogens with one attached hydrogen (secondary N) is 1. The quantitative estimate of drug-likeness (QED) is 0.836. The van der Waals surface area contributed by atoms with Crippen molar-refractivity contribution in [2.75, 3.05) is 33.3 Å². The summed E-state index contributed by atoms with van der Waals surface area (Å²) in [6.07, 6.45) is 0.255. The summed E-state index contributed by atoms with van der Waals surface area (Å²) in [5, 5.41) is 6.38. The highest BCUT2D eigenvalue weighted by Gasteiger charge is 2.32. The van der Waals surface area contributed by atoms with Gasteiger partial charge >= 0.3 is 5.97 Å². The molecule has 0 radical (unpaired) electrons. The Hall–Kier alpha value is -0.980. The van der Waals surface area contributed by atoms with Crippen molar-refractivity contribution in [3.05, 3.63) is 16.1 Å². The van der Waals surface area contributed by atoms with Crippen LogP contribution in [0.15, 0.2) is 5.38 Å². The molecule has 2 rings (SSSR count). The zero-order valence-electron chi connectivity index (χ0n) is 11.7. The minimum absolute atomic E-state index is 0.0822. The zero-order chi connectivity index (χ0) is 13.9. The monoisotopic (exact) mass is 283 g/mol. The Labute approximate surface area is 118 Å². The Bertz CT molecular complexity index is 439. The number of ether oxygens (including phenoxy) is 1. The van der Waals surface area contributed by atoms with Gasteiger partial charge in [-0.2, -0.15) is 0 Å². The van der Waals surface area contributed by atoms with E-state index in [9.17, 15) is 4.79 Å². The maximum Gasteiger partial charge on any atom is 0.311 e. The van der Waals surface area contributed by atoms with Gasteiger partial charge in [-0.3, -0.25) is 9.69 Å². The molecule has 1 aliphatic heterocycles. The van der Waals surface area contributed by atoms with Crippen molar-refractivity contribution in [3.8, 4) is 0 Å². The molecular weight excluding hydrogens is 262 g/mol. The van der Waals surface area contributed by atoms with Crippen LogP contribution in [0.5, 0.6) is 0 Å². The first-order chi connectivity index (χ1) is 9.04. The molecule has 5 nitrogen and oxygen atoms in total. The lowest BCUT2D eigenvalue weighted by Crippen LogP contribution is -2.51. The van der Waals surface area contributed by atoms with Gasteiger partial charge in [0.15, 0.2) is 0 Å². The van der Waals surface area contributed by atoms with E-state index in [-0.39, 0.29) is 17.9 Å². The first kappa shape index (κ1) is 14.4. The number of carbonyl (C=O) groups excluding carboxylic acids is 1. The van der Waals surface area contributed by atoms with Crippen LogP contribution in [0.4, 0.5) is 0 Å². The summed E-state index contributed by atoms with van der Waals surface area (Å²) in [6.45, 7) is 8.48. The summed E-state index contributed by atoms with van der Waals surface area (Å²) in [4.78, 5) is 18.3.